The van der Waals surface area contributed by atoms with Crippen LogP contribution in [0, 0.1) is 27.7 Å². The summed E-state index contributed by atoms with van der Waals surface area (Å²) < 4.78 is 0. The molecule has 0 saturated carbocycles. The average Bonchev–Trinajstić information content (AvgIpc) is 3.38. The Morgan fingerprint density at radius 2 is 0.471 bits per heavy atom. The van der Waals surface area contributed by atoms with Crippen molar-refractivity contribution in [3.63, 3.8) is 0 Å². The van der Waals surface area contributed by atoms with Crippen LogP contribution in [0.3, 0.4) is 0 Å². The zero-order chi connectivity index (χ0) is 45.9. The number of rotatable bonds is 8. The van der Waals surface area contributed by atoms with Gasteiger partial charge in [0.05, 0.1) is 11.4 Å². The summed E-state index contributed by atoms with van der Waals surface area (Å²) in [6.45, 7) is 8.61. The summed E-state index contributed by atoms with van der Waals surface area (Å²) in [7, 11) is 0. The molecule has 0 aliphatic rings. The van der Waals surface area contributed by atoms with E-state index in [4.69, 9.17) is 0 Å². The molecule has 0 aliphatic carbocycles. The summed E-state index contributed by atoms with van der Waals surface area (Å²) in [6.07, 6.45) is 0. The second kappa shape index (κ2) is 16.8. The second-order valence-electron chi connectivity index (χ2n) is 18.4. The molecule has 0 spiro atoms. The zero-order valence-corrected chi connectivity index (χ0v) is 38.8. The molecule has 12 aromatic carbocycles. The Labute approximate surface area is 398 Å². The molecule has 0 unspecified atom stereocenters. The lowest BCUT2D eigenvalue weighted by Crippen LogP contribution is -2.11. The van der Waals surface area contributed by atoms with E-state index in [1.807, 2.05) is 0 Å². The van der Waals surface area contributed by atoms with E-state index in [0.717, 1.165) is 22.7 Å². The highest BCUT2D eigenvalue weighted by atomic mass is 15.2. The minimum atomic E-state index is 1.13. The van der Waals surface area contributed by atoms with E-state index >= 15 is 0 Å². The zero-order valence-electron chi connectivity index (χ0n) is 38.8. The first-order valence-electron chi connectivity index (χ1n) is 23.7. The smallest absolute Gasteiger partial charge is 0.0618 e. The molecule has 324 valence electrons. The molecule has 2 nitrogen and oxygen atoms in total. The summed E-state index contributed by atoms with van der Waals surface area (Å²) in [5.74, 6) is 0. The van der Waals surface area contributed by atoms with Crippen LogP contribution in [0.15, 0.2) is 231 Å². The Bertz CT molecular complexity index is 3400. The SMILES string of the molecule is Cc1ccc(N(c2ccc(C)cc2)c2c3ccccc3c(-c3ccc4cc(-c5c6ccccc6c(N(c6ccc(C)cc6)c6ccc(C)cc6)c6ccccc56)ccc4c3)c3ccccc23)cc1. The maximum absolute atomic E-state index is 2.44. The van der Waals surface area contributed by atoms with Gasteiger partial charge in [-0.2, -0.15) is 0 Å². The van der Waals surface area contributed by atoms with Gasteiger partial charge in [0.15, 0.2) is 0 Å². The van der Waals surface area contributed by atoms with Gasteiger partial charge in [-0.15, -0.1) is 0 Å². The molecular weight excluding hydrogens is 821 g/mol. The second-order valence-corrected chi connectivity index (χ2v) is 18.4. The minimum absolute atomic E-state index is 1.13. The first kappa shape index (κ1) is 41.0. The van der Waals surface area contributed by atoms with E-state index in [2.05, 4.69) is 268 Å². The van der Waals surface area contributed by atoms with Crippen molar-refractivity contribution < 1.29 is 0 Å². The third-order valence-electron chi connectivity index (χ3n) is 13.8. The highest BCUT2D eigenvalue weighted by Crippen LogP contribution is 2.50. The number of anilines is 6. The van der Waals surface area contributed by atoms with Crippen LogP contribution in [0.2, 0.25) is 0 Å². The minimum Gasteiger partial charge on any atom is -0.309 e. The fraction of sp³-hybridized carbons (Fsp3) is 0.0606. The van der Waals surface area contributed by atoms with E-state index in [1.165, 1.54) is 110 Å². The molecular formula is C66H50N2. The lowest BCUT2D eigenvalue weighted by atomic mass is 9.87. The van der Waals surface area contributed by atoms with Crippen molar-refractivity contribution in [1.29, 1.82) is 0 Å². The Morgan fingerprint density at radius 3 is 0.721 bits per heavy atom. The molecule has 0 amide bonds. The van der Waals surface area contributed by atoms with E-state index in [0.29, 0.717) is 0 Å². The van der Waals surface area contributed by atoms with Crippen LogP contribution < -0.4 is 9.80 Å². The molecule has 0 aromatic heterocycles. The van der Waals surface area contributed by atoms with E-state index < -0.39 is 0 Å². The molecule has 0 bridgehead atoms. The predicted octanol–water partition coefficient (Wildman–Crippen LogP) is 19.0. The van der Waals surface area contributed by atoms with Crippen LogP contribution in [-0.4, -0.2) is 0 Å². The molecule has 68 heavy (non-hydrogen) atoms. The highest BCUT2D eigenvalue weighted by Gasteiger charge is 2.24. The van der Waals surface area contributed by atoms with Crippen molar-refractivity contribution >= 4 is 88.0 Å². The molecule has 0 aliphatic heterocycles. The first-order valence-corrected chi connectivity index (χ1v) is 23.7. The van der Waals surface area contributed by atoms with Crippen LogP contribution in [0.1, 0.15) is 22.3 Å². The van der Waals surface area contributed by atoms with Crippen LogP contribution in [0.25, 0.3) is 76.1 Å². The average molecular weight is 871 g/mol. The van der Waals surface area contributed by atoms with Crippen molar-refractivity contribution in [2.75, 3.05) is 9.80 Å². The summed E-state index contributed by atoms with van der Waals surface area (Å²) in [6, 6.07) is 85.6. The van der Waals surface area contributed by atoms with Crippen LogP contribution in [0.4, 0.5) is 34.1 Å². The summed E-state index contributed by atoms with van der Waals surface area (Å²) in [5, 5.41) is 12.2. The molecule has 0 N–H and O–H groups in total. The molecule has 0 heterocycles. The predicted molar refractivity (Wildman–Crippen MR) is 293 cm³/mol. The third-order valence-corrected chi connectivity index (χ3v) is 13.8. The maximum Gasteiger partial charge on any atom is 0.0618 e. The van der Waals surface area contributed by atoms with Gasteiger partial charge in [-0.05, 0) is 143 Å². The lowest BCUT2D eigenvalue weighted by Gasteiger charge is -2.30. The van der Waals surface area contributed by atoms with Gasteiger partial charge >= 0.3 is 0 Å². The maximum atomic E-state index is 2.44. The molecule has 12 rings (SSSR count). The third kappa shape index (κ3) is 7.05. The van der Waals surface area contributed by atoms with Gasteiger partial charge in [0, 0.05) is 44.3 Å². The highest BCUT2D eigenvalue weighted by molar-refractivity contribution is 6.24. The fourth-order valence-electron chi connectivity index (χ4n) is 10.5. The van der Waals surface area contributed by atoms with Gasteiger partial charge in [-0.25, -0.2) is 0 Å². The summed E-state index contributed by atoms with van der Waals surface area (Å²) >= 11 is 0. The van der Waals surface area contributed by atoms with E-state index in [1.54, 1.807) is 0 Å². The van der Waals surface area contributed by atoms with Gasteiger partial charge < -0.3 is 9.80 Å². The van der Waals surface area contributed by atoms with E-state index in [9.17, 15) is 0 Å². The van der Waals surface area contributed by atoms with Gasteiger partial charge in [0.1, 0.15) is 0 Å². The molecule has 0 saturated heterocycles. The van der Waals surface area contributed by atoms with Crippen LogP contribution in [0.5, 0.6) is 0 Å². The Morgan fingerprint density at radius 1 is 0.235 bits per heavy atom. The quantitative estimate of drug-likeness (QED) is 0.140. The first-order chi connectivity index (χ1) is 33.4. The van der Waals surface area contributed by atoms with Gasteiger partial charge in [0.2, 0.25) is 0 Å². The van der Waals surface area contributed by atoms with Gasteiger partial charge in [0.25, 0.3) is 0 Å². The number of aryl methyl sites for hydroxylation is 4. The van der Waals surface area contributed by atoms with Crippen molar-refractivity contribution in [3.05, 3.63) is 253 Å². The Hall–Kier alpha value is -8.46. The summed E-state index contributed by atoms with van der Waals surface area (Å²) in [5.41, 5.74) is 16.8. The number of benzene rings is 12. The fourth-order valence-corrected chi connectivity index (χ4v) is 10.5. The largest absolute Gasteiger partial charge is 0.309 e. The number of hydrogen-bond donors (Lipinski definition) is 0. The lowest BCUT2D eigenvalue weighted by molar-refractivity contribution is 1.29. The molecule has 2 heteroatoms. The number of hydrogen-bond acceptors (Lipinski definition) is 2. The summed E-state index contributed by atoms with van der Waals surface area (Å²) in [4.78, 5) is 4.88. The topological polar surface area (TPSA) is 6.48 Å². The van der Waals surface area contributed by atoms with Crippen LogP contribution >= 0.6 is 0 Å². The van der Waals surface area contributed by atoms with E-state index in [-0.39, 0.29) is 0 Å². The van der Waals surface area contributed by atoms with Crippen molar-refractivity contribution in [2.45, 2.75) is 27.7 Å². The van der Waals surface area contributed by atoms with Gasteiger partial charge in [-0.1, -0.05) is 192 Å². The Kier molecular flexibility index (Phi) is 10.1. The number of nitrogens with zero attached hydrogens (tertiary/aromatic N) is 2. The van der Waals surface area contributed by atoms with Crippen LogP contribution in [-0.2, 0) is 0 Å². The van der Waals surface area contributed by atoms with Crippen molar-refractivity contribution in [1.82, 2.24) is 0 Å². The molecule has 0 fully saturated rings. The monoisotopic (exact) mass is 870 g/mol. The molecule has 0 radical (unpaired) electrons. The molecule has 12 aromatic rings. The van der Waals surface area contributed by atoms with Crippen molar-refractivity contribution in [2.24, 2.45) is 0 Å². The Balaban J connectivity index is 1.03. The normalized spacial score (nSPS) is 11.5. The number of fused-ring (bicyclic) bond motifs is 5. The van der Waals surface area contributed by atoms with Gasteiger partial charge in [-0.3, -0.25) is 0 Å². The standard InChI is InChI=1S/C66H50N2/c1-43-21-33-51(34-22-43)67(52-35-23-44(2)24-36-52)65-59-17-9-5-13-55(59)63(56-14-6-10-18-60(56)65)49-31-29-48-42-50(32-30-47(48)41-49)64-57-15-7-11-19-61(57)66(62-20-12-8-16-58(62)64)68(53-37-25-45(3)26-38-53)54-39-27-46(4)28-40-54/h5-42H,1-4H3. The molecule has 0 atom stereocenters. The van der Waals surface area contributed by atoms with Crippen molar-refractivity contribution in [3.8, 4) is 22.3 Å².